The molecule has 0 amide bonds. The van der Waals surface area contributed by atoms with Crippen LogP contribution in [-0.4, -0.2) is 236 Å². The quantitative estimate of drug-likeness (QED) is 0.00985. The standard InChI is InChI=1S/C22H25N7O2.C21H24N8O2.C21H21N7O2.C20H20ClN7O.C20H21N7O/c1-16-13-18(17(14-20(16)31)24-8-12-30)26-21-19-5-2-3-10-29(19)27-22(21)25-6-4-9-28-11-7-23-15-28;22-15-12-16(23)19(31-11-10-30)13-17(15)26-20-18-4-1-2-8-29(18)27-21(20)25-5-3-7-28-9-6-24-14-28;29-18-12-16-19(30-11-7-23-16)13-15(18)25-20-17-4-1-2-9-28(17)26-21(20)24-5-3-8-27-10-6-22-14-27;1-13-11-14(17(22)16(21)19(13)29)25-18-15-5-2-3-9-28(15)26-20(18)24-6-4-8-27-10-7-23-12-27;1-14-11-16(15(21)12-18(14)28)24-19-17-5-2-3-9-27(17)25-20(19)23-6-4-8-26-10-7-22-13-26/h2-3,5,7,10-11,13-15,24,30H,4,6,8-9,12H2,1H3,(H,25,27);1-2,4,6,8-9,12-14,22,30H,3,5,7,10-11,23H2,(H,25,27);1-2,4,6,9-10,12-14,23H,3,5,7-8,11H2,(H,24,26);2-3,5,7,9-12H,4,6,8,22H2,1H3,(H,24,26);2-3,5,7,9-13H,4,6,8,21H2,1H3,(H,23,25). The van der Waals surface area contributed by atoms with Crippen LogP contribution in [0.3, 0.4) is 0 Å². The van der Waals surface area contributed by atoms with Gasteiger partial charge in [-0.15, -0.1) is 25.5 Å². The normalized spacial score (nSPS) is 15.9. The Morgan fingerprint density at radius 3 is 1.16 bits per heavy atom. The smallest absolute Gasteiger partial charge is 0.206 e. The Bertz CT molecular complexity index is 7880. The van der Waals surface area contributed by atoms with Crippen molar-refractivity contribution in [2.24, 2.45) is 42.2 Å². The molecule has 6 aliphatic rings. The van der Waals surface area contributed by atoms with Gasteiger partial charge in [0.25, 0.3) is 0 Å². The van der Waals surface area contributed by atoms with Gasteiger partial charge in [-0.25, -0.2) is 72.5 Å². The number of nitrogens with one attached hydrogen (secondary N) is 8. The average molecular weight is 2030 g/mol. The largest absolute Gasteiger partial charge is 0.490 e. The zero-order valence-corrected chi connectivity index (χ0v) is 82.6. The molecule has 21 rings (SSSR count). The number of ether oxygens (including phenoxy) is 2. The summed E-state index contributed by atoms with van der Waals surface area (Å²) in [5.41, 5.74) is 32.0. The van der Waals surface area contributed by atoms with E-state index in [1.54, 1.807) is 136 Å². The number of allylic oxidation sites excluding steroid dienone is 13. The summed E-state index contributed by atoms with van der Waals surface area (Å²) in [6, 6.07) is 28.9. The number of fused-ring (bicyclic) bond motifs is 6. The monoisotopic (exact) mass is 2030 g/mol. The highest BCUT2D eigenvalue weighted by atomic mass is 35.5. The van der Waals surface area contributed by atoms with Gasteiger partial charge in [-0.05, 0) is 149 Å². The fourth-order valence-corrected chi connectivity index (χ4v) is 16.3. The van der Waals surface area contributed by atoms with Gasteiger partial charge < -0.3 is 96.9 Å². The summed E-state index contributed by atoms with van der Waals surface area (Å²) in [4.78, 5) is 92.5. The molecule has 149 heavy (non-hydrogen) atoms. The molecule has 1 saturated heterocycles. The second kappa shape index (κ2) is 49.1. The average Bonchev–Trinajstić information content (AvgIpc) is 1.67. The summed E-state index contributed by atoms with van der Waals surface area (Å²) in [5.74, 6) is 3.70. The third kappa shape index (κ3) is 25.8. The summed E-state index contributed by atoms with van der Waals surface area (Å²) in [6.07, 6.45) is 55.7. The van der Waals surface area contributed by atoms with Crippen molar-refractivity contribution in [2.45, 2.75) is 85.6 Å². The predicted molar refractivity (Wildman–Crippen MR) is 573 cm³/mol. The van der Waals surface area contributed by atoms with Crippen molar-refractivity contribution in [1.82, 2.24) is 106 Å². The molecule has 15 aromatic rings. The number of nitrogens with zero attached hydrogens (tertiary/aromatic N) is 25. The van der Waals surface area contributed by atoms with Crippen LogP contribution in [0.4, 0.5) is 57.5 Å². The highest BCUT2D eigenvalue weighted by Crippen LogP contribution is 2.38. The van der Waals surface area contributed by atoms with E-state index >= 15 is 0 Å². The molecule has 16 N–H and O–H groups in total. The lowest BCUT2D eigenvalue weighted by Gasteiger charge is -2.23. The van der Waals surface area contributed by atoms with Crippen LogP contribution in [-0.2, 0) is 61.4 Å². The number of halogens is 1. The summed E-state index contributed by atoms with van der Waals surface area (Å²) >= 11 is 6.10. The molecule has 45 heteroatoms. The number of aliphatic hydroxyl groups is 2. The number of carbonyl (C=O) groups is 4. The van der Waals surface area contributed by atoms with Gasteiger partial charge in [0.15, 0.2) is 40.7 Å². The number of imidazole rings is 5. The van der Waals surface area contributed by atoms with Gasteiger partial charge in [-0.2, -0.15) is 0 Å². The molecule has 0 bridgehead atoms. The molecule has 16 heterocycles. The van der Waals surface area contributed by atoms with Crippen molar-refractivity contribution in [3.05, 3.63) is 332 Å². The number of aliphatic imine (C=N–C) groups is 5. The van der Waals surface area contributed by atoms with E-state index in [4.69, 9.17) is 68.8 Å². The molecule has 15 aromatic heterocycles. The number of Topliss-reactive ketones (excluding diaryl/α,β-unsaturated/α-hetero) is 1. The minimum absolute atomic E-state index is 0.00457. The summed E-state index contributed by atoms with van der Waals surface area (Å²) in [5, 5.41) is 72.6. The molecule has 1 aliphatic heterocycles. The first-order valence-electron chi connectivity index (χ1n) is 48.3. The number of nitrogens with two attached hydrogens (primary N) is 3. The number of aryl methyl sites for hydroxylation is 5. The Hall–Kier alpha value is -18.6. The van der Waals surface area contributed by atoms with E-state index in [-0.39, 0.29) is 59.4 Å². The van der Waals surface area contributed by atoms with Crippen LogP contribution in [0.2, 0.25) is 0 Å². The van der Waals surface area contributed by atoms with Crippen molar-refractivity contribution in [1.29, 1.82) is 5.41 Å². The maximum Gasteiger partial charge on any atom is 0.206 e. The molecule has 0 spiro atoms. The third-order valence-corrected chi connectivity index (χ3v) is 24.0. The van der Waals surface area contributed by atoms with Gasteiger partial charge in [0.05, 0.1) is 129 Å². The number of rotatable bonds is 36. The van der Waals surface area contributed by atoms with Gasteiger partial charge in [0.1, 0.15) is 63.9 Å². The molecule has 0 saturated carbocycles. The first-order valence-corrected chi connectivity index (χ1v) is 48.7. The number of pyridine rings is 5. The van der Waals surface area contributed by atoms with E-state index in [0.717, 1.165) is 106 Å². The molecule has 0 unspecified atom stereocenters. The van der Waals surface area contributed by atoms with Crippen LogP contribution >= 0.6 is 11.6 Å². The highest BCUT2D eigenvalue weighted by Gasteiger charge is 2.29. The van der Waals surface area contributed by atoms with Gasteiger partial charge in [-0.1, -0.05) is 41.9 Å². The van der Waals surface area contributed by atoms with Crippen molar-refractivity contribution in [2.75, 3.05) is 98.8 Å². The fourth-order valence-electron chi connectivity index (χ4n) is 16.0. The topological polar surface area (TPSA) is 551 Å². The van der Waals surface area contributed by atoms with Crippen LogP contribution in [0, 0.1) is 5.41 Å². The van der Waals surface area contributed by atoms with E-state index in [9.17, 15) is 24.3 Å². The third-order valence-electron chi connectivity index (χ3n) is 23.6. The van der Waals surface area contributed by atoms with E-state index in [0.29, 0.717) is 176 Å². The summed E-state index contributed by atoms with van der Waals surface area (Å²) in [7, 11) is 0. The zero-order valence-electron chi connectivity index (χ0n) is 81.9. The van der Waals surface area contributed by atoms with Crippen molar-refractivity contribution in [3.63, 3.8) is 0 Å². The molecule has 0 atom stereocenters. The Kier molecular flexibility index (Phi) is 33.6. The number of morpholine rings is 1. The second-order valence-electron chi connectivity index (χ2n) is 34.4. The van der Waals surface area contributed by atoms with Crippen LogP contribution in [0.1, 0.15) is 52.9 Å². The number of aromatic nitrogens is 20. The number of hydrogen-bond donors (Lipinski definition) is 13. The first kappa shape index (κ1) is 102. The Morgan fingerprint density at radius 1 is 0.403 bits per heavy atom. The maximum atomic E-state index is 12.6. The van der Waals surface area contributed by atoms with Gasteiger partial charge in [0.2, 0.25) is 11.6 Å². The number of hydrogen-bond acceptors (Lipinski definition) is 34. The summed E-state index contributed by atoms with van der Waals surface area (Å²) in [6.45, 7) is 14.6. The first-order chi connectivity index (χ1) is 72.7. The number of aliphatic hydroxyl groups excluding tert-OH is 2. The molecule has 44 nitrogen and oxygen atoms in total. The maximum absolute atomic E-state index is 12.6. The molecule has 1 fully saturated rings. The fraction of sp³-hybridized carbons (Fsp3) is 0.231. The van der Waals surface area contributed by atoms with Crippen molar-refractivity contribution >= 4 is 154 Å². The van der Waals surface area contributed by atoms with E-state index in [1.165, 1.54) is 24.3 Å². The molecule has 0 aromatic carbocycles. The minimum Gasteiger partial charge on any atom is -0.490 e. The summed E-state index contributed by atoms with van der Waals surface area (Å²) < 4.78 is 30.1. The lowest BCUT2D eigenvalue weighted by Crippen LogP contribution is -2.31. The number of ketones is 4. The molecule has 5 aliphatic carbocycles. The van der Waals surface area contributed by atoms with Crippen molar-refractivity contribution < 1.29 is 38.9 Å². The van der Waals surface area contributed by atoms with Gasteiger partial charge >= 0.3 is 0 Å². The van der Waals surface area contributed by atoms with Crippen LogP contribution < -0.4 is 54.4 Å². The van der Waals surface area contributed by atoms with Crippen LogP contribution in [0.15, 0.2) is 357 Å². The number of carbonyl (C=O) groups excluding carboxylic acids is 4. The lowest BCUT2D eigenvalue weighted by atomic mass is 10.0. The van der Waals surface area contributed by atoms with Crippen LogP contribution in [0.25, 0.3) is 27.6 Å². The van der Waals surface area contributed by atoms with Crippen LogP contribution in [0.5, 0.6) is 0 Å². The van der Waals surface area contributed by atoms with E-state index in [1.807, 2.05) is 176 Å². The lowest BCUT2D eigenvalue weighted by molar-refractivity contribution is -0.112. The van der Waals surface area contributed by atoms with Gasteiger partial charge in [0, 0.05) is 207 Å². The Labute approximate surface area is 858 Å². The zero-order chi connectivity index (χ0) is 103. The van der Waals surface area contributed by atoms with Gasteiger partial charge in [-0.3, -0.25) is 24.6 Å². The van der Waals surface area contributed by atoms with E-state index < -0.39 is 0 Å². The Balaban J connectivity index is 0.000000127. The second-order valence-corrected chi connectivity index (χ2v) is 34.8. The molecule has 0 radical (unpaired) electrons. The highest BCUT2D eigenvalue weighted by molar-refractivity contribution is 6.51. The van der Waals surface area contributed by atoms with Crippen molar-refractivity contribution in [3.8, 4) is 0 Å². The SMILES string of the molecule is CC1=CC(=Nc2c(NCCCn3ccnc3)nn3ccccc23)C(N)=C(Cl)C1=O.CC1=CC(=Nc2c(NCCCn3ccnc3)nn3ccccc23)C(N)=CC1=O.CC1=CC(=Nc2c(NCCCn3ccnc3)nn3ccccc23)C(NCCO)=CC1=O.N=C1C=C(N)C(OCCO)=CC1=Nc1c(NCCCn2ccnc2)nn2ccccc12.O=C1C=C2NCCOC2=CC1=Nc1c(NCCCn2ccnc2)nn2ccccc12. The Morgan fingerprint density at radius 2 is 0.772 bits per heavy atom. The minimum atomic E-state index is -0.277. The molecule has 762 valence electrons. The number of anilines is 5. The molecular weight excluding hydrogens is 1920 g/mol. The van der Waals surface area contributed by atoms with E-state index in [2.05, 4.69) is 92.6 Å². The predicted octanol–water partition coefficient (Wildman–Crippen LogP) is 11.6. The molecular formula is C104H111ClN36O8.